The van der Waals surface area contributed by atoms with Gasteiger partial charge in [0.1, 0.15) is 6.04 Å². The van der Waals surface area contributed by atoms with Crippen LogP contribution < -0.4 is 5.32 Å². The summed E-state index contributed by atoms with van der Waals surface area (Å²) in [6.45, 7) is 7.46. The molecule has 1 rings (SSSR count). The van der Waals surface area contributed by atoms with E-state index < -0.39 is 41.7 Å². The third kappa shape index (κ3) is 5.55. The van der Waals surface area contributed by atoms with Crippen molar-refractivity contribution in [2.75, 3.05) is 14.2 Å². The van der Waals surface area contributed by atoms with Gasteiger partial charge in [-0.15, -0.1) is 0 Å². The summed E-state index contributed by atoms with van der Waals surface area (Å²) in [6.07, 6.45) is 0. The number of rotatable bonds is 7. The average molecular weight is 393 g/mol. The van der Waals surface area contributed by atoms with Crippen LogP contribution in [0.5, 0.6) is 0 Å². The summed E-state index contributed by atoms with van der Waals surface area (Å²) in [5, 5.41) is 11.9. The van der Waals surface area contributed by atoms with E-state index in [0.29, 0.717) is 0 Å². The molecule has 1 aromatic rings. The Morgan fingerprint density at radius 3 is 1.79 bits per heavy atom. The molecule has 1 amide bonds. The van der Waals surface area contributed by atoms with E-state index >= 15 is 0 Å². The summed E-state index contributed by atoms with van der Waals surface area (Å²) >= 11 is 0. The molecule has 0 unspecified atom stereocenters. The van der Waals surface area contributed by atoms with Crippen LogP contribution in [-0.4, -0.2) is 49.2 Å². The topological polar surface area (TPSA) is 119 Å². The molecule has 8 nitrogen and oxygen atoms in total. The number of benzene rings is 1. The number of nitrogens with one attached hydrogen (secondary N) is 1. The maximum Gasteiger partial charge on any atom is 0.326 e. The highest BCUT2D eigenvalue weighted by Gasteiger charge is 2.42. The minimum Gasteiger partial charge on any atom is -0.480 e. The number of amides is 1. The van der Waals surface area contributed by atoms with E-state index in [-0.39, 0.29) is 11.0 Å². The van der Waals surface area contributed by atoms with Crippen LogP contribution in [0.15, 0.2) is 24.3 Å². The van der Waals surface area contributed by atoms with Gasteiger partial charge in [-0.2, -0.15) is 0 Å². The zero-order valence-electron chi connectivity index (χ0n) is 16.9. The zero-order valence-corrected chi connectivity index (χ0v) is 16.9. The van der Waals surface area contributed by atoms with Crippen molar-refractivity contribution in [1.82, 2.24) is 5.32 Å². The summed E-state index contributed by atoms with van der Waals surface area (Å²) in [7, 11) is 2.16. The maximum atomic E-state index is 12.5. The van der Waals surface area contributed by atoms with Gasteiger partial charge in [0, 0.05) is 11.5 Å². The Morgan fingerprint density at radius 1 is 0.964 bits per heavy atom. The second-order valence-electron chi connectivity index (χ2n) is 7.50. The van der Waals surface area contributed by atoms with Crippen molar-refractivity contribution in [2.45, 2.75) is 39.2 Å². The number of ether oxygens (including phenoxy) is 2. The number of hydrogen-bond donors (Lipinski definition) is 2. The van der Waals surface area contributed by atoms with Gasteiger partial charge >= 0.3 is 17.9 Å². The summed E-state index contributed by atoms with van der Waals surface area (Å²) in [5.41, 5.74) is 1.18. The molecule has 0 aliphatic carbocycles. The molecular formula is C20H27NO7. The van der Waals surface area contributed by atoms with Crippen LogP contribution in [0.4, 0.5) is 0 Å². The van der Waals surface area contributed by atoms with Gasteiger partial charge in [-0.25, -0.2) is 4.79 Å². The molecule has 0 aliphatic rings. The number of methoxy groups -OCH3 is 2. The average Bonchev–Trinajstić information content (AvgIpc) is 2.64. The van der Waals surface area contributed by atoms with E-state index in [2.05, 4.69) is 14.8 Å². The van der Waals surface area contributed by atoms with Gasteiger partial charge in [0.2, 0.25) is 0 Å². The van der Waals surface area contributed by atoms with Crippen LogP contribution in [0.2, 0.25) is 0 Å². The Labute approximate surface area is 164 Å². The van der Waals surface area contributed by atoms with E-state index in [1.807, 2.05) is 20.8 Å². The van der Waals surface area contributed by atoms with Gasteiger partial charge in [0.15, 0.2) is 5.92 Å². The van der Waals surface area contributed by atoms with Gasteiger partial charge in [0.05, 0.1) is 14.2 Å². The first-order valence-electron chi connectivity index (χ1n) is 8.73. The van der Waals surface area contributed by atoms with Crippen molar-refractivity contribution in [3.63, 3.8) is 0 Å². The number of hydrogen-bond acceptors (Lipinski definition) is 6. The Hall–Kier alpha value is -2.90. The summed E-state index contributed by atoms with van der Waals surface area (Å²) in [4.78, 5) is 48.1. The zero-order chi connectivity index (χ0) is 21.6. The smallest absolute Gasteiger partial charge is 0.326 e. The SMILES string of the molecule is COC(=O)C(C(=O)OC)[C@@H](C)[C@H](NC(=O)c1ccc(C(C)(C)C)cc1)C(=O)O. The Morgan fingerprint density at radius 2 is 1.43 bits per heavy atom. The lowest BCUT2D eigenvalue weighted by molar-refractivity contribution is -0.162. The van der Waals surface area contributed by atoms with E-state index in [0.717, 1.165) is 19.8 Å². The fourth-order valence-electron chi connectivity index (χ4n) is 2.74. The Balaban J connectivity index is 3.08. The van der Waals surface area contributed by atoms with Crippen molar-refractivity contribution < 1.29 is 33.8 Å². The fourth-order valence-corrected chi connectivity index (χ4v) is 2.74. The fraction of sp³-hybridized carbons (Fsp3) is 0.500. The molecule has 1 aromatic carbocycles. The molecule has 0 radical (unpaired) electrons. The van der Waals surface area contributed by atoms with Gasteiger partial charge in [-0.1, -0.05) is 39.8 Å². The normalized spacial score (nSPS) is 13.4. The third-order valence-electron chi connectivity index (χ3n) is 4.53. The Kier molecular flexibility index (Phi) is 7.72. The molecule has 0 saturated heterocycles. The van der Waals surface area contributed by atoms with Crippen molar-refractivity contribution in [2.24, 2.45) is 11.8 Å². The molecule has 0 heterocycles. The molecule has 0 bridgehead atoms. The molecule has 154 valence electrons. The summed E-state index contributed by atoms with van der Waals surface area (Å²) < 4.78 is 9.15. The van der Waals surface area contributed by atoms with Crippen molar-refractivity contribution in [1.29, 1.82) is 0 Å². The van der Waals surface area contributed by atoms with E-state index in [4.69, 9.17) is 0 Å². The number of carbonyl (C=O) groups is 4. The molecule has 2 N–H and O–H groups in total. The predicted octanol–water partition coefficient (Wildman–Crippen LogP) is 1.77. The highest BCUT2D eigenvalue weighted by atomic mass is 16.5. The lowest BCUT2D eigenvalue weighted by atomic mass is 9.86. The van der Waals surface area contributed by atoms with Crippen LogP contribution >= 0.6 is 0 Å². The largest absolute Gasteiger partial charge is 0.480 e. The predicted molar refractivity (Wildman–Crippen MR) is 101 cm³/mol. The molecule has 0 aromatic heterocycles. The lowest BCUT2D eigenvalue weighted by Gasteiger charge is -2.26. The molecule has 0 aliphatic heterocycles. The number of esters is 2. The first-order chi connectivity index (χ1) is 12.9. The quantitative estimate of drug-likeness (QED) is 0.535. The molecular weight excluding hydrogens is 366 g/mol. The second kappa shape index (κ2) is 9.34. The summed E-state index contributed by atoms with van der Waals surface area (Å²) in [6, 6.07) is 5.27. The first kappa shape index (κ1) is 23.1. The molecule has 0 spiro atoms. The highest BCUT2D eigenvalue weighted by Crippen LogP contribution is 2.23. The second-order valence-corrected chi connectivity index (χ2v) is 7.50. The summed E-state index contributed by atoms with van der Waals surface area (Å²) in [5.74, 6) is -6.48. The van der Waals surface area contributed by atoms with E-state index in [9.17, 15) is 24.3 Å². The number of carboxylic acid groups (broad SMARTS) is 1. The van der Waals surface area contributed by atoms with Crippen LogP contribution in [-0.2, 0) is 29.3 Å². The Bertz CT molecular complexity index is 718. The van der Waals surface area contributed by atoms with Crippen LogP contribution in [0.25, 0.3) is 0 Å². The van der Waals surface area contributed by atoms with Gasteiger partial charge < -0.3 is 19.9 Å². The molecule has 2 atom stereocenters. The van der Waals surface area contributed by atoms with E-state index in [1.165, 1.54) is 6.92 Å². The van der Waals surface area contributed by atoms with Crippen molar-refractivity contribution >= 4 is 23.8 Å². The monoisotopic (exact) mass is 393 g/mol. The van der Waals surface area contributed by atoms with E-state index in [1.54, 1.807) is 24.3 Å². The number of aliphatic carboxylic acids is 1. The molecule has 0 fully saturated rings. The van der Waals surface area contributed by atoms with Gasteiger partial charge in [-0.3, -0.25) is 14.4 Å². The number of carbonyl (C=O) groups excluding carboxylic acids is 3. The molecule has 8 heteroatoms. The minimum absolute atomic E-state index is 0.0959. The molecule has 0 saturated carbocycles. The highest BCUT2D eigenvalue weighted by molar-refractivity contribution is 5.98. The molecule has 28 heavy (non-hydrogen) atoms. The number of carboxylic acids is 1. The van der Waals surface area contributed by atoms with Crippen LogP contribution in [0.1, 0.15) is 43.6 Å². The van der Waals surface area contributed by atoms with Crippen LogP contribution in [0, 0.1) is 11.8 Å². The standard InChI is InChI=1S/C20H27NO7/c1-11(14(18(25)27-5)19(26)28-6)15(17(23)24)21-16(22)12-7-9-13(10-8-12)20(2,3)4/h7-11,14-15H,1-6H3,(H,21,22)(H,23,24)/t11-,15+/m1/s1. The third-order valence-corrected chi connectivity index (χ3v) is 4.53. The minimum atomic E-state index is -1.50. The van der Waals surface area contributed by atoms with Gasteiger partial charge in [0.25, 0.3) is 5.91 Å². The maximum absolute atomic E-state index is 12.5. The first-order valence-corrected chi connectivity index (χ1v) is 8.73. The van der Waals surface area contributed by atoms with Crippen molar-refractivity contribution in [3.05, 3.63) is 35.4 Å². The van der Waals surface area contributed by atoms with Crippen LogP contribution in [0.3, 0.4) is 0 Å². The van der Waals surface area contributed by atoms with Crippen molar-refractivity contribution in [3.8, 4) is 0 Å². The lowest BCUT2D eigenvalue weighted by Crippen LogP contribution is -2.50. The van der Waals surface area contributed by atoms with Gasteiger partial charge in [-0.05, 0) is 23.1 Å².